The second-order valence-electron chi connectivity index (χ2n) is 23.8. The number of ether oxygens (including phenoxy) is 3. The van der Waals surface area contributed by atoms with Gasteiger partial charge in [0, 0.05) is 118 Å². The third-order valence-corrected chi connectivity index (χ3v) is 19.5. The number of nitrogens with one attached hydrogen (secondary N) is 2. The number of aromatic nitrogens is 2. The Morgan fingerprint density at radius 2 is 1.86 bits per heavy atom. The number of nitrogens with zero attached hydrogens (tertiary/aromatic N) is 8. The van der Waals surface area contributed by atoms with Gasteiger partial charge in [0.2, 0.25) is 17.7 Å². The highest BCUT2D eigenvalue weighted by atomic mass is 32.2. The zero-order chi connectivity index (χ0) is 55.9. The van der Waals surface area contributed by atoms with Gasteiger partial charge >= 0.3 is 12.0 Å². The van der Waals surface area contributed by atoms with Crippen LogP contribution in [0.5, 0.6) is 0 Å². The minimum Gasteiger partial charge on any atom is -0.464 e. The number of rotatable bonds is 11. The van der Waals surface area contributed by atoms with Crippen molar-refractivity contribution < 1.29 is 38.2 Å². The van der Waals surface area contributed by atoms with E-state index in [-0.39, 0.29) is 47.9 Å². The van der Waals surface area contributed by atoms with Gasteiger partial charge in [0.15, 0.2) is 4.93 Å². The van der Waals surface area contributed by atoms with Crippen molar-refractivity contribution in [3.8, 4) is 11.3 Å². The normalized spacial score (nSPS) is 26.0. The number of piperidine rings is 1. The van der Waals surface area contributed by atoms with Gasteiger partial charge in [-0.25, -0.2) is 10.2 Å². The number of benzene rings is 1. The van der Waals surface area contributed by atoms with Crippen LogP contribution < -0.4 is 15.6 Å². The molecule has 6 aliphatic rings. The van der Waals surface area contributed by atoms with Gasteiger partial charge < -0.3 is 43.7 Å². The Bertz CT molecular complexity index is 2740. The summed E-state index contributed by atoms with van der Waals surface area (Å²) in [5, 5.41) is 5.34. The molecule has 5 amide bonds. The van der Waals surface area contributed by atoms with Crippen molar-refractivity contribution in [3.63, 3.8) is 0 Å². The quantitative estimate of drug-likeness (QED) is 0.0822. The molecule has 1 aromatic carbocycles. The standard InChI is InChI=1S/C58H84N10O8S2/c1-11-23-66-28-27-65(46(69)12-2)35-57(66)20-25-63(26-21-57)54(73)62(9)47(38(4)5)50(70)60-52-58(37-78-52)32-40-34-64(29-30-75-40)39-18-19-45-42(31-39)43(48(67(45)13-3)41-16-14-22-59-49(41)56(8,77)74-10)33-55(6,7)36-76-51(71)44-17-15-24-68(61-44)53(58)72/h12,14,16,18-19,22,31,38,40,44,47,52,61,77H,2,11,13,15,17,20-21,23-30,32-37H2,1,3-10H3,(H,60,70)/t40?,44-,47-,52?,56+,58?/m0/s1. The smallest absolute Gasteiger partial charge is 0.324 e. The van der Waals surface area contributed by atoms with Gasteiger partial charge in [-0.3, -0.25) is 34.1 Å². The zero-order valence-corrected chi connectivity index (χ0v) is 49.2. The second kappa shape index (κ2) is 23.3. The van der Waals surface area contributed by atoms with Crippen molar-refractivity contribution in [1.29, 1.82) is 0 Å². The number of amides is 5. The Balaban J connectivity index is 1.00. The van der Waals surface area contributed by atoms with Crippen LogP contribution in [0.25, 0.3) is 22.2 Å². The average Bonchev–Trinajstić information content (AvgIpc) is 3.82. The molecule has 2 aromatic heterocycles. The average molecular weight is 1110 g/mol. The summed E-state index contributed by atoms with van der Waals surface area (Å²) >= 11 is 6.45. The van der Waals surface area contributed by atoms with Crippen LogP contribution in [0.2, 0.25) is 0 Å². The highest BCUT2D eigenvalue weighted by molar-refractivity contribution is 8.01. The number of thiol groups is 1. The first-order valence-electron chi connectivity index (χ1n) is 28.3. The van der Waals surface area contributed by atoms with E-state index in [0.29, 0.717) is 109 Å². The lowest BCUT2D eigenvalue weighted by Crippen LogP contribution is -2.69. The van der Waals surface area contributed by atoms with Crippen LogP contribution in [0.3, 0.4) is 0 Å². The number of likely N-dealkylation sites (tertiary alicyclic amines) is 1. The highest BCUT2D eigenvalue weighted by Crippen LogP contribution is 2.51. The molecular weight excluding hydrogens is 1030 g/mol. The van der Waals surface area contributed by atoms with E-state index in [1.54, 1.807) is 30.3 Å². The van der Waals surface area contributed by atoms with Gasteiger partial charge in [0.1, 0.15) is 12.1 Å². The molecule has 2 spiro atoms. The van der Waals surface area contributed by atoms with E-state index in [2.05, 4.69) is 83.6 Å². The fourth-order valence-electron chi connectivity index (χ4n) is 13.2. The Hall–Kier alpha value is -4.86. The molecule has 5 saturated heterocycles. The lowest BCUT2D eigenvalue weighted by atomic mass is 9.80. The van der Waals surface area contributed by atoms with Crippen molar-refractivity contribution >= 4 is 70.7 Å². The summed E-state index contributed by atoms with van der Waals surface area (Å²) in [5.74, 6) is -0.859. The number of pyridine rings is 1. The number of anilines is 1. The monoisotopic (exact) mass is 1110 g/mol. The van der Waals surface area contributed by atoms with Crippen molar-refractivity contribution in [2.45, 2.75) is 134 Å². The molecule has 3 unspecified atom stereocenters. The number of hydrogen-bond acceptors (Lipinski definition) is 14. The molecule has 6 atom stereocenters. The van der Waals surface area contributed by atoms with Crippen molar-refractivity contribution in [3.05, 3.63) is 60.4 Å². The molecule has 20 heteroatoms. The van der Waals surface area contributed by atoms with Gasteiger partial charge in [0.05, 0.1) is 41.5 Å². The summed E-state index contributed by atoms with van der Waals surface area (Å²) in [6.45, 7) is 24.8. The molecule has 426 valence electrons. The molecular formula is C58H84N10O8S2. The van der Waals surface area contributed by atoms with E-state index < -0.39 is 39.2 Å². The van der Waals surface area contributed by atoms with Crippen LogP contribution in [0, 0.1) is 16.7 Å². The van der Waals surface area contributed by atoms with E-state index in [1.165, 1.54) is 17.8 Å². The number of carbonyl (C=O) groups excluding carboxylic acids is 5. The van der Waals surface area contributed by atoms with E-state index in [9.17, 15) is 19.2 Å². The minimum absolute atomic E-state index is 0.0689. The number of fused-ring (bicyclic) bond motifs is 6. The maximum atomic E-state index is 15.4. The summed E-state index contributed by atoms with van der Waals surface area (Å²) in [5.41, 5.74) is 7.26. The number of likely N-dealkylation sites (N-methyl/N-ethyl adjacent to an activating group) is 1. The SMILES string of the molecule is C=CC(=O)N1CCN(CCC)C2(CCN(C(=O)N(C)[C@H](C(=O)NC3SCC34CC3CN(CCO3)c3ccc5c(c3)c(c(-c3cccnc3[C@@](C)(S)OC)n5CC)CC(C)(C)COC(=O)[C@@H]3CCCN(N3)C4=O)C(C)C)CC2)C1. The first-order valence-corrected chi connectivity index (χ1v) is 29.8. The number of esters is 1. The Labute approximate surface area is 471 Å². The number of aryl methyl sites for hydroxylation is 1. The predicted octanol–water partition coefficient (Wildman–Crippen LogP) is 6.52. The molecule has 6 aliphatic heterocycles. The van der Waals surface area contributed by atoms with Crippen LogP contribution in [0.15, 0.2) is 49.2 Å². The van der Waals surface area contributed by atoms with Crippen LogP contribution in [-0.4, -0.2) is 185 Å². The Morgan fingerprint density at radius 3 is 2.54 bits per heavy atom. The second-order valence-corrected chi connectivity index (χ2v) is 25.8. The zero-order valence-electron chi connectivity index (χ0n) is 47.5. The molecule has 2 N–H and O–H groups in total. The summed E-state index contributed by atoms with van der Waals surface area (Å²) in [6.07, 6.45) is 7.14. The van der Waals surface area contributed by atoms with Gasteiger partial charge in [-0.15, -0.1) is 24.4 Å². The first-order chi connectivity index (χ1) is 37.2. The number of morpholine rings is 1. The molecule has 0 radical (unpaired) electrons. The van der Waals surface area contributed by atoms with E-state index in [0.717, 1.165) is 52.9 Å². The molecule has 18 nitrogen and oxygen atoms in total. The summed E-state index contributed by atoms with van der Waals surface area (Å²) in [7, 11) is 3.34. The lowest BCUT2D eigenvalue weighted by molar-refractivity contribution is -0.159. The van der Waals surface area contributed by atoms with Crippen molar-refractivity contribution in [2.24, 2.45) is 16.7 Å². The van der Waals surface area contributed by atoms with Gasteiger partial charge in [-0.05, 0) is 113 Å². The lowest BCUT2D eigenvalue weighted by Gasteiger charge is -2.54. The number of urea groups is 1. The van der Waals surface area contributed by atoms with Crippen molar-refractivity contribution in [1.82, 2.24) is 44.9 Å². The molecule has 3 aromatic rings. The maximum absolute atomic E-state index is 15.4. The minimum atomic E-state index is -1.10. The highest BCUT2D eigenvalue weighted by Gasteiger charge is 2.58. The van der Waals surface area contributed by atoms with Crippen LogP contribution >= 0.6 is 24.4 Å². The summed E-state index contributed by atoms with van der Waals surface area (Å²) < 4.78 is 21.1. The van der Waals surface area contributed by atoms with Crippen LogP contribution in [0.4, 0.5) is 10.5 Å². The van der Waals surface area contributed by atoms with Crippen LogP contribution in [-0.2, 0) is 51.3 Å². The largest absolute Gasteiger partial charge is 0.464 e. The molecule has 8 heterocycles. The van der Waals surface area contributed by atoms with E-state index >= 15 is 4.79 Å². The fourth-order valence-corrected chi connectivity index (χ4v) is 14.8. The van der Waals surface area contributed by atoms with Gasteiger partial charge in [0.25, 0.3) is 0 Å². The molecule has 6 bridgehead atoms. The maximum Gasteiger partial charge on any atom is 0.324 e. The molecule has 0 aliphatic carbocycles. The molecule has 78 heavy (non-hydrogen) atoms. The molecule has 9 rings (SSSR count). The van der Waals surface area contributed by atoms with Crippen LogP contribution in [0.1, 0.15) is 98.2 Å². The third kappa shape index (κ3) is 11.2. The topological polar surface area (TPSA) is 174 Å². The van der Waals surface area contributed by atoms with Gasteiger partial charge in [-0.1, -0.05) is 41.2 Å². The Kier molecular flexibility index (Phi) is 17.3. The first kappa shape index (κ1) is 57.8. The number of methoxy groups -OCH3 is 1. The van der Waals surface area contributed by atoms with E-state index in [4.69, 9.17) is 31.8 Å². The number of carbonyl (C=O) groups is 5. The predicted molar refractivity (Wildman–Crippen MR) is 308 cm³/mol. The summed E-state index contributed by atoms with van der Waals surface area (Å²) in [4.78, 5) is 85.8. The third-order valence-electron chi connectivity index (χ3n) is 17.5. The van der Waals surface area contributed by atoms with E-state index in [1.807, 2.05) is 36.6 Å². The number of thioether (sulfide) groups is 1. The number of cyclic esters (lactones) is 1. The number of hydrogen-bond donors (Lipinski definition) is 3. The number of piperazine rings is 1. The molecule has 5 fully saturated rings. The molecule has 0 saturated carbocycles. The summed E-state index contributed by atoms with van der Waals surface area (Å²) in [6, 6.07) is 8.84. The Morgan fingerprint density at radius 1 is 1.09 bits per heavy atom. The van der Waals surface area contributed by atoms with Crippen molar-refractivity contribution in [2.75, 3.05) is 96.9 Å². The number of hydrazine groups is 1. The van der Waals surface area contributed by atoms with Gasteiger partial charge in [-0.2, -0.15) is 0 Å². The fraction of sp³-hybridized carbons (Fsp3) is 0.655.